The van der Waals surface area contributed by atoms with Crippen LogP contribution in [0, 0.1) is 11.6 Å². The highest BCUT2D eigenvalue weighted by molar-refractivity contribution is 5.85. The van der Waals surface area contributed by atoms with Gasteiger partial charge >= 0.3 is 0 Å². The second kappa shape index (κ2) is 9.46. The molecule has 5 rings (SSSR count). The largest absolute Gasteiger partial charge is 0.361 e. The third kappa shape index (κ3) is 5.00. The Balaban J connectivity index is 1.43. The summed E-state index contributed by atoms with van der Waals surface area (Å²) in [6, 6.07) is 20.8. The van der Waals surface area contributed by atoms with Gasteiger partial charge in [-0.25, -0.2) is 8.78 Å². The standard InChI is InChI=1S/C28H29F2N3/c1-32-14-11-26(12-15-32)33(18-20-2-6-25(29)7-3-20)19-24-17-21(4-8-27(24)30)22-5-9-28-23(16-22)10-13-31-28/h2-10,13,16-17,26,31H,11-12,14-15,18-19H2,1H3. The summed E-state index contributed by atoms with van der Waals surface area (Å²) in [7, 11) is 2.14. The molecule has 1 aliphatic heterocycles. The van der Waals surface area contributed by atoms with Crippen molar-refractivity contribution < 1.29 is 8.78 Å². The lowest BCUT2D eigenvalue weighted by molar-refractivity contribution is 0.107. The summed E-state index contributed by atoms with van der Waals surface area (Å²) in [5.41, 5.74) is 4.92. The van der Waals surface area contributed by atoms with Crippen LogP contribution in [0.4, 0.5) is 8.78 Å². The van der Waals surface area contributed by atoms with E-state index >= 15 is 0 Å². The van der Waals surface area contributed by atoms with Gasteiger partial charge in [0.2, 0.25) is 0 Å². The maximum atomic E-state index is 15.0. The lowest BCUT2D eigenvalue weighted by Crippen LogP contribution is -2.43. The minimum absolute atomic E-state index is 0.182. The van der Waals surface area contributed by atoms with Crippen molar-refractivity contribution in [3.8, 4) is 11.1 Å². The SMILES string of the molecule is CN1CCC(N(Cc2ccc(F)cc2)Cc2cc(-c3ccc4[nH]ccc4c3)ccc2F)CC1. The van der Waals surface area contributed by atoms with Gasteiger partial charge in [-0.1, -0.05) is 24.3 Å². The molecule has 0 amide bonds. The molecule has 1 aromatic heterocycles. The Morgan fingerprint density at radius 3 is 2.39 bits per heavy atom. The van der Waals surface area contributed by atoms with E-state index in [9.17, 15) is 8.78 Å². The molecule has 1 N–H and O–H groups in total. The molecule has 170 valence electrons. The fourth-order valence-electron chi connectivity index (χ4n) is 4.83. The molecule has 3 nitrogen and oxygen atoms in total. The predicted octanol–water partition coefficient (Wildman–Crippen LogP) is 6.21. The van der Waals surface area contributed by atoms with Gasteiger partial charge in [0.05, 0.1) is 0 Å². The van der Waals surface area contributed by atoms with Gasteiger partial charge in [-0.05, 0) is 97.5 Å². The number of rotatable bonds is 6. The molecule has 1 fully saturated rings. The van der Waals surface area contributed by atoms with Crippen molar-refractivity contribution in [3.63, 3.8) is 0 Å². The summed E-state index contributed by atoms with van der Waals surface area (Å²) >= 11 is 0. The average Bonchev–Trinajstić information content (AvgIpc) is 3.30. The van der Waals surface area contributed by atoms with E-state index in [0.717, 1.165) is 53.5 Å². The topological polar surface area (TPSA) is 22.3 Å². The van der Waals surface area contributed by atoms with E-state index in [0.29, 0.717) is 24.7 Å². The smallest absolute Gasteiger partial charge is 0.127 e. The van der Waals surface area contributed by atoms with Crippen LogP contribution in [0.25, 0.3) is 22.0 Å². The third-order valence-corrected chi connectivity index (χ3v) is 6.81. The number of fused-ring (bicyclic) bond motifs is 1. The summed E-state index contributed by atoms with van der Waals surface area (Å²) in [5, 5.41) is 1.14. The molecule has 0 aliphatic carbocycles. The number of aromatic nitrogens is 1. The van der Waals surface area contributed by atoms with Gasteiger partial charge in [0.1, 0.15) is 11.6 Å². The number of hydrogen-bond donors (Lipinski definition) is 1. The number of nitrogens with one attached hydrogen (secondary N) is 1. The zero-order chi connectivity index (χ0) is 22.8. The Labute approximate surface area is 193 Å². The molecular formula is C28H29F2N3. The third-order valence-electron chi connectivity index (χ3n) is 6.81. The molecule has 0 radical (unpaired) electrons. The van der Waals surface area contributed by atoms with Crippen LogP contribution in [0.15, 0.2) is 72.9 Å². The van der Waals surface area contributed by atoms with Crippen LogP contribution in [0.3, 0.4) is 0 Å². The van der Waals surface area contributed by atoms with Crippen molar-refractivity contribution in [2.45, 2.75) is 32.0 Å². The van der Waals surface area contributed by atoms with E-state index in [1.54, 1.807) is 6.07 Å². The van der Waals surface area contributed by atoms with Gasteiger partial charge in [0, 0.05) is 36.4 Å². The van der Waals surface area contributed by atoms with Crippen molar-refractivity contribution >= 4 is 10.9 Å². The first kappa shape index (κ1) is 21.8. The maximum absolute atomic E-state index is 15.0. The first-order chi connectivity index (χ1) is 16.0. The highest BCUT2D eigenvalue weighted by Gasteiger charge is 2.24. The van der Waals surface area contributed by atoms with Gasteiger partial charge in [-0.2, -0.15) is 0 Å². The molecule has 1 aliphatic rings. The number of piperidine rings is 1. The first-order valence-electron chi connectivity index (χ1n) is 11.6. The summed E-state index contributed by atoms with van der Waals surface area (Å²) in [6.45, 7) is 3.26. The predicted molar refractivity (Wildman–Crippen MR) is 130 cm³/mol. The average molecular weight is 446 g/mol. The Morgan fingerprint density at radius 2 is 1.61 bits per heavy atom. The Hall–Kier alpha value is -3.02. The normalized spacial score (nSPS) is 15.5. The van der Waals surface area contributed by atoms with Crippen molar-refractivity contribution in [1.29, 1.82) is 0 Å². The van der Waals surface area contributed by atoms with Crippen LogP contribution in [0.5, 0.6) is 0 Å². The second-order valence-electron chi connectivity index (χ2n) is 9.15. The molecule has 4 aromatic rings. The fraction of sp³-hybridized carbons (Fsp3) is 0.286. The number of benzene rings is 3. The lowest BCUT2D eigenvalue weighted by Gasteiger charge is -2.37. The van der Waals surface area contributed by atoms with Gasteiger partial charge in [-0.15, -0.1) is 0 Å². The molecule has 0 bridgehead atoms. The monoisotopic (exact) mass is 445 g/mol. The summed E-state index contributed by atoms with van der Waals surface area (Å²) < 4.78 is 28.4. The molecule has 0 atom stereocenters. The van der Waals surface area contributed by atoms with Crippen molar-refractivity contribution in [3.05, 3.63) is 95.7 Å². The number of halogens is 2. The number of H-pyrrole nitrogens is 1. The molecule has 2 heterocycles. The van der Waals surface area contributed by atoms with Crippen molar-refractivity contribution in [2.75, 3.05) is 20.1 Å². The lowest BCUT2D eigenvalue weighted by atomic mass is 9.99. The Bertz CT molecular complexity index is 1220. The molecule has 1 saturated heterocycles. The van der Waals surface area contributed by atoms with E-state index in [2.05, 4.69) is 40.0 Å². The first-order valence-corrected chi connectivity index (χ1v) is 11.6. The van der Waals surface area contributed by atoms with Gasteiger partial charge in [-0.3, -0.25) is 4.90 Å². The quantitative estimate of drug-likeness (QED) is 0.381. The van der Waals surface area contributed by atoms with Crippen molar-refractivity contribution in [2.24, 2.45) is 0 Å². The van der Waals surface area contributed by atoms with Crippen LogP contribution >= 0.6 is 0 Å². The van der Waals surface area contributed by atoms with E-state index in [1.807, 2.05) is 36.5 Å². The second-order valence-corrected chi connectivity index (χ2v) is 9.15. The van der Waals surface area contributed by atoms with E-state index < -0.39 is 0 Å². The molecule has 5 heteroatoms. The van der Waals surface area contributed by atoms with Crippen LogP contribution < -0.4 is 0 Å². The minimum Gasteiger partial charge on any atom is -0.361 e. The van der Waals surface area contributed by atoms with Crippen LogP contribution in [-0.2, 0) is 13.1 Å². The molecule has 0 spiro atoms. The summed E-state index contributed by atoms with van der Waals surface area (Å²) in [6.07, 6.45) is 4.02. The van der Waals surface area contributed by atoms with Gasteiger partial charge in [0.25, 0.3) is 0 Å². The molecule has 0 saturated carbocycles. The van der Waals surface area contributed by atoms with Crippen LogP contribution in [0.2, 0.25) is 0 Å². The zero-order valence-electron chi connectivity index (χ0n) is 18.9. The van der Waals surface area contributed by atoms with E-state index in [-0.39, 0.29) is 11.6 Å². The van der Waals surface area contributed by atoms with E-state index in [4.69, 9.17) is 0 Å². The molecule has 33 heavy (non-hydrogen) atoms. The molecule has 3 aromatic carbocycles. The highest BCUT2D eigenvalue weighted by atomic mass is 19.1. The van der Waals surface area contributed by atoms with E-state index in [1.165, 1.54) is 12.1 Å². The van der Waals surface area contributed by atoms with Crippen LogP contribution in [0.1, 0.15) is 24.0 Å². The number of hydrogen-bond acceptors (Lipinski definition) is 2. The Morgan fingerprint density at radius 1 is 0.879 bits per heavy atom. The van der Waals surface area contributed by atoms with Gasteiger partial charge < -0.3 is 9.88 Å². The molecular weight excluding hydrogens is 416 g/mol. The van der Waals surface area contributed by atoms with Crippen LogP contribution in [-0.4, -0.2) is 41.0 Å². The summed E-state index contributed by atoms with van der Waals surface area (Å²) in [4.78, 5) is 7.91. The molecule has 0 unspecified atom stereocenters. The zero-order valence-corrected chi connectivity index (χ0v) is 18.9. The highest BCUT2D eigenvalue weighted by Crippen LogP contribution is 2.28. The van der Waals surface area contributed by atoms with Crippen molar-refractivity contribution in [1.82, 2.24) is 14.8 Å². The number of nitrogens with zero attached hydrogens (tertiary/aromatic N) is 2. The van der Waals surface area contributed by atoms with Gasteiger partial charge in [0.15, 0.2) is 0 Å². The minimum atomic E-state index is -0.234. The fourth-order valence-corrected chi connectivity index (χ4v) is 4.83. The maximum Gasteiger partial charge on any atom is 0.127 e. The summed E-state index contributed by atoms with van der Waals surface area (Å²) in [5.74, 6) is -0.416. The number of aromatic amines is 1. The number of likely N-dealkylation sites (tertiary alicyclic amines) is 1. The Kier molecular flexibility index (Phi) is 6.25.